The summed E-state index contributed by atoms with van der Waals surface area (Å²) in [5, 5.41) is 14.8. The summed E-state index contributed by atoms with van der Waals surface area (Å²) in [5.41, 5.74) is 2.06. The van der Waals surface area contributed by atoms with Crippen molar-refractivity contribution in [1.29, 1.82) is 0 Å². The van der Waals surface area contributed by atoms with E-state index in [1.807, 2.05) is 66.4 Å². The predicted molar refractivity (Wildman–Crippen MR) is 120 cm³/mol. The lowest BCUT2D eigenvalue weighted by Crippen LogP contribution is -2.51. The monoisotopic (exact) mass is 454 g/mol. The Morgan fingerprint density at radius 3 is 2.18 bits per heavy atom. The van der Waals surface area contributed by atoms with Crippen LogP contribution in [0.2, 0.25) is 0 Å². The molecular weight excluding hydrogens is 428 g/mol. The van der Waals surface area contributed by atoms with E-state index < -0.39 is 18.0 Å². The van der Waals surface area contributed by atoms with Gasteiger partial charge < -0.3 is 24.8 Å². The topological polar surface area (TPSA) is 136 Å². The molecule has 33 heavy (non-hydrogen) atoms. The van der Waals surface area contributed by atoms with Crippen molar-refractivity contribution in [1.82, 2.24) is 19.8 Å². The van der Waals surface area contributed by atoms with Gasteiger partial charge in [-0.15, -0.1) is 0 Å². The number of aromatic nitrogens is 2. The van der Waals surface area contributed by atoms with Gasteiger partial charge in [-0.1, -0.05) is 30.3 Å². The summed E-state index contributed by atoms with van der Waals surface area (Å²) in [4.78, 5) is 43.1. The van der Waals surface area contributed by atoms with Crippen molar-refractivity contribution in [2.24, 2.45) is 0 Å². The molecule has 0 aliphatic carbocycles. The first-order valence-electron chi connectivity index (χ1n) is 10.5. The molecule has 0 saturated carbocycles. The molecule has 1 atom stereocenters. The molecule has 1 amide bonds. The number of nitrogens with zero attached hydrogens (tertiary/aromatic N) is 3. The van der Waals surface area contributed by atoms with Gasteiger partial charge in [-0.2, -0.15) is 0 Å². The average molecular weight is 454 g/mol. The molecule has 3 N–H and O–H groups in total. The van der Waals surface area contributed by atoms with Crippen molar-refractivity contribution < 1.29 is 29.3 Å². The minimum absolute atomic E-state index is 0.0437. The summed E-state index contributed by atoms with van der Waals surface area (Å²) >= 11 is 0. The number of H-pyrrole nitrogens is 1. The van der Waals surface area contributed by atoms with Crippen LogP contribution >= 0.6 is 0 Å². The van der Waals surface area contributed by atoms with Crippen molar-refractivity contribution in [3.63, 3.8) is 0 Å². The van der Waals surface area contributed by atoms with Crippen LogP contribution in [0.4, 0.5) is 0 Å². The number of carboxylic acids is 2. The fraction of sp³-hybridized carbons (Fsp3) is 0.304. The smallest absolute Gasteiger partial charge is 0.414 e. The van der Waals surface area contributed by atoms with Crippen LogP contribution < -0.4 is 4.74 Å². The Morgan fingerprint density at radius 2 is 1.58 bits per heavy atom. The van der Waals surface area contributed by atoms with E-state index in [0.717, 1.165) is 42.2 Å². The molecule has 2 aromatic carbocycles. The van der Waals surface area contributed by atoms with Crippen LogP contribution in [-0.2, 0) is 20.9 Å². The lowest BCUT2D eigenvalue weighted by molar-refractivity contribution is -0.159. The molecule has 1 aliphatic rings. The number of rotatable bonds is 5. The second-order valence-electron chi connectivity index (χ2n) is 7.49. The standard InChI is InChI=1S/C21H24N4O2.C2H2O4/c1-16(27-17-7-3-2-4-8-17)21(26)25-13-11-24(12-14-25)15-20-22-18-9-5-6-10-19(18)23-20;3-1(4)2(5)6/h2-10,16H,11-15H2,1H3,(H,22,23);(H,3,4)(H,5,6). The number of ether oxygens (including phenoxy) is 1. The molecule has 10 heteroatoms. The maximum Gasteiger partial charge on any atom is 0.414 e. The van der Waals surface area contributed by atoms with Gasteiger partial charge in [-0.05, 0) is 31.2 Å². The molecule has 1 aliphatic heterocycles. The van der Waals surface area contributed by atoms with Crippen LogP contribution in [-0.4, -0.2) is 80.1 Å². The first-order valence-corrected chi connectivity index (χ1v) is 10.5. The Balaban J connectivity index is 0.000000454. The Bertz CT molecular complexity index is 1050. The van der Waals surface area contributed by atoms with Crippen LogP contribution in [0.1, 0.15) is 12.7 Å². The number of carbonyl (C=O) groups is 3. The quantitative estimate of drug-likeness (QED) is 0.497. The Morgan fingerprint density at radius 1 is 0.970 bits per heavy atom. The number of para-hydroxylation sites is 3. The number of aromatic amines is 1. The lowest BCUT2D eigenvalue weighted by Gasteiger charge is -2.35. The third-order valence-electron chi connectivity index (χ3n) is 5.08. The Kier molecular flexibility index (Phi) is 7.98. The van der Waals surface area contributed by atoms with Gasteiger partial charge in [0.15, 0.2) is 6.10 Å². The number of carboxylic acid groups (broad SMARTS) is 2. The first kappa shape index (κ1) is 23.7. The zero-order valence-electron chi connectivity index (χ0n) is 18.2. The summed E-state index contributed by atoms with van der Waals surface area (Å²) < 4.78 is 5.77. The number of amides is 1. The lowest BCUT2D eigenvalue weighted by atomic mass is 10.2. The number of hydrogen-bond acceptors (Lipinski definition) is 6. The second kappa shape index (κ2) is 11.1. The number of piperazine rings is 1. The van der Waals surface area contributed by atoms with Crippen molar-refractivity contribution in [2.75, 3.05) is 26.2 Å². The molecule has 174 valence electrons. The zero-order chi connectivity index (χ0) is 23.8. The van der Waals surface area contributed by atoms with Crippen molar-refractivity contribution in [3.8, 4) is 5.75 Å². The third-order valence-corrected chi connectivity index (χ3v) is 5.08. The van der Waals surface area contributed by atoms with Gasteiger partial charge in [0.2, 0.25) is 0 Å². The first-order chi connectivity index (χ1) is 15.8. The van der Waals surface area contributed by atoms with E-state index in [0.29, 0.717) is 13.1 Å². The average Bonchev–Trinajstić information content (AvgIpc) is 3.22. The molecule has 2 heterocycles. The number of aliphatic carboxylic acids is 2. The minimum atomic E-state index is -1.82. The van der Waals surface area contributed by atoms with E-state index in [-0.39, 0.29) is 5.91 Å². The molecular formula is C23H26N4O6. The van der Waals surface area contributed by atoms with Gasteiger partial charge in [0.05, 0.1) is 17.6 Å². The largest absolute Gasteiger partial charge is 0.481 e. The van der Waals surface area contributed by atoms with Gasteiger partial charge in [0, 0.05) is 26.2 Å². The van der Waals surface area contributed by atoms with Crippen molar-refractivity contribution >= 4 is 28.9 Å². The summed E-state index contributed by atoms with van der Waals surface area (Å²) in [5.74, 6) is -1.91. The molecule has 4 rings (SSSR count). The highest BCUT2D eigenvalue weighted by atomic mass is 16.5. The Labute approximate surface area is 190 Å². The summed E-state index contributed by atoms with van der Waals surface area (Å²) in [6, 6.07) is 17.5. The highest BCUT2D eigenvalue weighted by Gasteiger charge is 2.26. The van der Waals surface area contributed by atoms with Crippen molar-refractivity contribution in [3.05, 3.63) is 60.4 Å². The summed E-state index contributed by atoms with van der Waals surface area (Å²) in [7, 11) is 0. The van der Waals surface area contributed by atoms with Gasteiger partial charge in [-0.3, -0.25) is 9.69 Å². The van der Waals surface area contributed by atoms with Gasteiger partial charge in [0.25, 0.3) is 5.91 Å². The molecule has 0 bridgehead atoms. The molecule has 1 unspecified atom stereocenters. The maximum atomic E-state index is 12.6. The number of imidazole rings is 1. The Hall–Kier alpha value is -3.92. The predicted octanol–water partition coefficient (Wildman–Crippen LogP) is 1.83. The molecule has 1 aromatic heterocycles. The minimum Gasteiger partial charge on any atom is -0.481 e. The fourth-order valence-electron chi connectivity index (χ4n) is 3.43. The molecule has 10 nitrogen and oxygen atoms in total. The third kappa shape index (κ3) is 6.78. The van der Waals surface area contributed by atoms with E-state index in [1.165, 1.54) is 0 Å². The molecule has 0 radical (unpaired) electrons. The van der Waals surface area contributed by atoms with E-state index in [4.69, 9.17) is 24.5 Å². The maximum absolute atomic E-state index is 12.6. The van der Waals surface area contributed by atoms with E-state index >= 15 is 0 Å². The van der Waals surface area contributed by atoms with Crippen LogP contribution in [0.3, 0.4) is 0 Å². The highest BCUT2D eigenvalue weighted by Crippen LogP contribution is 2.15. The molecule has 1 fully saturated rings. The number of fused-ring (bicyclic) bond motifs is 1. The van der Waals surface area contributed by atoms with Gasteiger partial charge in [-0.25, -0.2) is 14.6 Å². The number of nitrogens with one attached hydrogen (secondary N) is 1. The fourth-order valence-corrected chi connectivity index (χ4v) is 3.43. The van der Waals surface area contributed by atoms with Crippen molar-refractivity contribution in [2.45, 2.75) is 19.6 Å². The highest BCUT2D eigenvalue weighted by molar-refractivity contribution is 6.27. The molecule has 3 aromatic rings. The molecule has 1 saturated heterocycles. The van der Waals surface area contributed by atoms with Crippen LogP contribution in [0, 0.1) is 0 Å². The zero-order valence-corrected chi connectivity index (χ0v) is 18.2. The van der Waals surface area contributed by atoms with E-state index in [1.54, 1.807) is 0 Å². The van der Waals surface area contributed by atoms with Crippen LogP contribution in [0.5, 0.6) is 5.75 Å². The van der Waals surface area contributed by atoms with Gasteiger partial charge >= 0.3 is 11.9 Å². The van der Waals surface area contributed by atoms with E-state index in [9.17, 15) is 4.79 Å². The summed E-state index contributed by atoms with van der Waals surface area (Å²) in [6.07, 6.45) is -0.477. The van der Waals surface area contributed by atoms with Gasteiger partial charge in [0.1, 0.15) is 11.6 Å². The van der Waals surface area contributed by atoms with Crippen LogP contribution in [0.15, 0.2) is 54.6 Å². The molecule has 0 spiro atoms. The second-order valence-corrected chi connectivity index (χ2v) is 7.49. The number of benzene rings is 2. The SMILES string of the molecule is CC(Oc1ccccc1)C(=O)N1CCN(Cc2nc3ccccc3[nH]2)CC1.O=C(O)C(=O)O. The normalized spacial score (nSPS) is 14.8. The van der Waals surface area contributed by atoms with E-state index in [2.05, 4.69) is 14.9 Å². The van der Waals surface area contributed by atoms with Crippen LogP contribution in [0.25, 0.3) is 11.0 Å². The summed E-state index contributed by atoms with van der Waals surface area (Å²) in [6.45, 7) is 5.67. The number of carbonyl (C=O) groups excluding carboxylic acids is 1. The number of hydrogen-bond donors (Lipinski definition) is 3.